The third-order valence-corrected chi connectivity index (χ3v) is 4.05. The highest BCUT2D eigenvalue weighted by atomic mass is 16.5. The highest BCUT2D eigenvalue weighted by Gasteiger charge is 2.06. The van der Waals surface area contributed by atoms with Crippen molar-refractivity contribution in [2.24, 2.45) is 5.92 Å². The van der Waals surface area contributed by atoms with Gasteiger partial charge in [-0.05, 0) is 54.2 Å². The van der Waals surface area contributed by atoms with Crippen molar-refractivity contribution in [2.45, 2.75) is 40.0 Å². The Kier molecular flexibility index (Phi) is 7.65. The summed E-state index contributed by atoms with van der Waals surface area (Å²) in [5.74, 6) is 3.04. The van der Waals surface area contributed by atoms with Gasteiger partial charge in [0.05, 0.1) is 6.61 Å². The summed E-state index contributed by atoms with van der Waals surface area (Å²) in [4.78, 5) is 0. The highest BCUT2D eigenvalue weighted by Crippen LogP contribution is 2.25. The zero-order valence-electron chi connectivity index (χ0n) is 15.9. The summed E-state index contributed by atoms with van der Waals surface area (Å²) in [6.07, 6.45) is 1.08. The Morgan fingerprint density at radius 3 is 2.24 bits per heavy atom. The monoisotopic (exact) mass is 341 g/mol. The Labute approximate surface area is 152 Å². The van der Waals surface area contributed by atoms with Crippen molar-refractivity contribution in [2.75, 3.05) is 25.1 Å². The zero-order valence-corrected chi connectivity index (χ0v) is 15.9. The van der Waals surface area contributed by atoms with Crippen molar-refractivity contribution in [3.05, 3.63) is 54.1 Å². The Morgan fingerprint density at radius 1 is 0.840 bits per heavy atom. The average Bonchev–Trinajstić information content (AvgIpc) is 2.60. The maximum absolute atomic E-state index is 5.93. The molecule has 0 saturated carbocycles. The highest BCUT2D eigenvalue weighted by molar-refractivity contribution is 5.46. The van der Waals surface area contributed by atoms with E-state index in [9.17, 15) is 0 Å². The molecule has 0 aliphatic heterocycles. The van der Waals surface area contributed by atoms with Gasteiger partial charge < -0.3 is 14.8 Å². The number of para-hydroxylation sites is 1. The largest absolute Gasteiger partial charge is 0.494 e. The molecule has 2 rings (SSSR count). The van der Waals surface area contributed by atoms with Crippen molar-refractivity contribution in [1.29, 1.82) is 0 Å². The second kappa shape index (κ2) is 9.97. The lowest BCUT2D eigenvalue weighted by Gasteiger charge is -2.14. The predicted octanol–water partition coefficient (Wildman–Crippen LogP) is 5.73. The van der Waals surface area contributed by atoms with Crippen LogP contribution in [0.1, 0.15) is 45.6 Å². The van der Waals surface area contributed by atoms with Gasteiger partial charge in [-0.2, -0.15) is 0 Å². The van der Waals surface area contributed by atoms with Crippen molar-refractivity contribution in [3.63, 3.8) is 0 Å². The normalized spacial score (nSPS) is 11.0. The van der Waals surface area contributed by atoms with Crippen LogP contribution in [-0.2, 0) is 0 Å². The average molecular weight is 341 g/mol. The lowest BCUT2D eigenvalue weighted by molar-refractivity contribution is 0.289. The third-order valence-electron chi connectivity index (χ3n) is 4.05. The van der Waals surface area contributed by atoms with Crippen LogP contribution in [0.2, 0.25) is 0 Å². The Hall–Kier alpha value is -2.16. The topological polar surface area (TPSA) is 30.5 Å². The van der Waals surface area contributed by atoms with Gasteiger partial charge in [-0.25, -0.2) is 0 Å². The van der Waals surface area contributed by atoms with Gasteiger partial charge >= 0.3 is 0 Å². The van der Waals surface area contributed by atoms with Gasteiger partial charge in [0.1, 0.15) is 18.1 Å². The minimum Gasteiger partial charge on any atom is -0.494 e. The number of anilines is 1. The molecule has 136 valence electrons. The van der Waals surface area contributed by atoms with Gasteiger partial charge in [-0.3, -0.25) is 0 Å². The van der Waals surface area contributed by atoms with Crippen LogP contribution >= 0.6 is 0 Å². The molecule has 0 saturated heterocycles. The van der Waals surface area contributed by atoms with E-state index >= 15 is 0 Å². The lowest BCUT2D eigenvalue weighted by atomic mass is 10.0. The maximum Gasteiger partial charge on any atom is 0.122 e. The van der Waals surface area contributed by atoms with Gasteiger partial charge in [-0.15, -0.1) is 0 Å². The second-order valence-electron chi connectivity index (χ2n) is 7.02. The number of benzene rings is 2. The first-order valence-electron chi connectivity index (χ1n) is 9.24. The number of hydrogen-bond acceptors (Lipinski definition) is 3. The molecule has 0 spiro atoms. The van der Waals surface area contributed by atoms with Crippen molar-refractivity contribution < 1.29 is 9.47 Å². The smallest absolute Gasteiger partial charge is 0.122 e. The SMILES string of the molecule is CC(C)CCOc1ccc(NCCOc2ccccc2C(C)C)cc1. The van der Waals surface area contributed by atoms with E-state index in [0.29, 0.717) is 18.4 Å². The molecule has 2 aromatic rings. The molecule has 0 amide bonds. The van der Waals surface area contributed by atoms with Gasteiger partial charge in [0.15, 0.2) is 0 Å². The molecule has 0 bridgehead atoms. The van der Waals surface area contributed by atoms with Crippen LogP contribution < -0.4 is 14.8 Å². The van der Waals surface area contributed by atoms with E-state index in [2.05, 4.69) is 45.1 Å². The summed E-state index contributed by atoms with van der Waals surface area (Å²) in [6.45, 7) is 11.0. The fraction of sp³-hybridized carbons (Fsp3) is 0.455. The predicted molar refractivity (Wildman–Crippen MR) is 106 cm³/mol. The molecule has 1 N–H and O–H groups in total. The molecule has 3 nitrogen and oxygen atoms in total. The molecule has 0 atom stereocenters. The fourth-order valence-corrected chi connectivity index (χ4v) is 2.53. The van der Waals surface area contributed by atoms with Crippen LogP contribution in [0.25, 0.3) is 0 Å². The van der Waals surface area contributed by atoms with Gasteiger partial charge in [-0.1, -0.05) is 45.9 Å². The number of hydrogen-bond donors (Lipinski definition) is 1. The van der Waals surface area contributed by atoms with Gasteiger partial charge in [0.2, 0.25) is 0 Å². The van der Waals surface area contributed by atoms with Crippen LogP contribution in [0.5, 0.6) is 11.5 Å². The molecule has 25 heavy (non-hydrogen) atoms. The molecule has 0 radical (unpaired) electrons. The molecule has 0 heterocycles. The van der Waals surface area contributed by atoms with Crippen LogP contribution in [0.3, 0.4) is 0 Å². The second-order valence-corrected chi connectivity index (χ2v) is 7.02. The molecule has 3 heteroatoms. The van der Waals surface area contributed by atoms with Crippen LogP contribution in [-0.4, -0.2) is 19.8 Å². The van der Waals surface area contributed by atoms with Crippen LogP contribution in [0.15, 0.2) is 48.5 Å². The summed E-state index contributed by atoms with van der Waals surface area (Å²) in [7, 11) is 0. The summed E-state index contributed by atoms with van der Waals surface area (Å²) in [5, 5.41) is 3.38. The summed E-state index contributed by atoms with van der Waals surface area (Å²) in [6, 6.07) is 16.4. The first kappa shape index (κ1) is 19.2. The van der Waals surface area contributed by atoms with Gasteiger partial charge in [0, 0.05) is 12.2 Å². The lowest BCUT2D eigenvalue weighted by Crippen LogP contribution is -2.12. The quantitative estimate of drug-likeness (QED) is 0.560. The number of rotatable bonds is 10. The molecule has 0 aromatic heterocycles. The van der Waals surface area contributed by atoms with E-state index in [-0.39, 0.29) is 0 Å². The van der Waals surface area contributed by atoms with Gasteiger partial charge in [0.25, 0.3) is 0 Å². The van der Waals surface area contributed by atoms with Crippen LogP contribution in [0.4, 0.5) is 5.69 Å². The minimum absolute atomic E-state index is 0.465. The van der Waals surface area contributed by atoms with Crippen LogP contribution in [0, 0.1) is 5.92 Å². The molecular weight excluding hydrogens is 310 g/mol. The van der Waals surface area contributed by atoms with E-state index in [0.717, 1.165) is 36.8 Å². The Balaban J connectivity index is 1.73. The molecule has 0 unspecified atom stereocenters. The maximum atomic E-state index is 5.93. The van der Waals surface area contributed by atoms with E-state index in [1.54, 1.807) is 0 Å². The van der Waals surface area contributed by atoms with E-state index < -0.39 is 0 Å². The Bertz CT molecular complexity index is 620. The molecule has 0 aliphatic rings. The first-order chi connectivity index (χ1) is 12.1. The van der Waals surface area contributed by atoms with Crippen molar-refractivity contribution in [1.82, 2.24) is 0 Å². The number of nitrogens with one attached hydrogen (secondary N) is 1. The Morgan fingerprint density at radius 2 is 1.56 bits per heavy atom. The van der Waals surface area contributed by atoms with Crippen molar-refractivity contribution >= 4 is 5.69 Å². The van der Waals surface area contributed by atoms with Crippen molar-refractivity contribution in [3.8, 4) is 11.5 Å². The zero-order chi connectivity index (χ0) is 18.1. The molecule has 0 aliphatic carbocycles. The summed E-state index contributed by atoms with van der Waals surface area (Å²) < 4.78 is 11.7. The van der Waals surface area contributed by atoms with E-state index in [4.69, 9.17) is 9.47 Å². The fourth-order valence-electron chi connectivity index (χ4n) is 2.53. The number of ether oxygens (including phenoxy) is 2. The minimum atomic E-state index is 0.465. The third kappa shape index (κ3) is 6.69. The molecule has 2 aromatic carbocycles. The van der Waals surface area contributed by atoms with E-state index in [1.807, 2.05) is 36.4 Å². The standard InChI is InChI=1S/C22H31NO2/c1-17(2)13-15-24-20-11-9-19(10-12-20)23-14-16-25-22-8-6-5-7-21(22)18(3)4/h5-12,17-18,23H,13-16H2,1-4H3. The van der Waals surface area contributed by atoms with E-state index in [1.165, 1.54) is 5.56 Å². The first-order valence-corrected chi connectivity index (χ1v) is 9.24. The summed E-state index contributed by atoms with van der Waals surface area (Å²) >= 11 is 0. The summed E-state index contributed by atoms with van der Waals surface area (Å²) in [5.41, 5.74) is 2.34. The molecule has 0 fully saturated rings. The molecular formula is C22H31NO2.